The van der Waals surface area contributed by atoms with Gasteiger partial charge >= 0.3 is 0 Å². The topological polar surface area (TPSA) is 25.8 Å². The zero-order valence-corrected chi connectivity index (χ0v) is 10.6. The zero-order chi connectivity index (χ0) is 12.6. The highest BCUT2D eigenvalue weighted by atomic mass is 35.5. The number of rotatable bonds is 1. The molecular weight excluding hydrogens is 239 g/mol. The summed E-state index contributed by atoms with van der Waals surface area (Å²) in [6.07, 6.45) is 0. The van der Waals surface area contributed by atoms with Crippen LogP contribution in [0, 0.1) is 26.6 Å². The quantitative estimate of drug-likeness (QED) is 0.718. The standard InChI is InChI=1S/C13H12ClFN2/c1-7-6-10(4-5-11(7)15)13-16-9(3)8(2)12(14)17-13/h4-6H,1-3H3. The molecule has 0 amide bonds. The second-order valence-electron chi connectivity index (χ2n) is 4.01. The van der Waals surface area contributed by atoms with Gasteiger partial charge < -0.3 is 0 Å². The molecule has 88 valence electrons. The summed E-state index contributed by atoms with van der Waals surface area (Å²) < 4.78 is 13.2. The van der Waals surface area contributed by atoms with Gasteiger partial charge in [-0.15, -0.1) is 0 Å². The maximum absolute atomic E-state index is 13.2. The van der Waals surface area contributed by atoms with Gasteiger partial charge in [-0.25, -0.2) is 14.4 Å². The van der Waals surface area contributed by atoms with Gasteiger partial charge in [-0.3, -0.25) is 0 Å². The lowest BCUT2D eigenvalue weighted by Crippen LogP contribution is -1.97. The molecule has 0 unspecified atom stereocenters. The van der Waals surface area contributed by atoms with Gasteiger partial charge in [-0.05, 0) is 44.5 Å². The van der Waals surface area contributed by atoms with Crippen molar-refractivity contribution in [3.63, 3.8) is 0 Å². The number of aromatic nitrogens is 2. The second kappa shape index (κ2) is 4.41. The van der Waals surface area contributed by atoms with Gasteiger partial charge in [0, 0.05) is 16.8 Å². The number of benzene rings is 1. The first-order chi connectivity index (χ1) is 7.99. The predicted octanol–water partition coefficient (Wildman–Crippen LogP) is 3.86. The Morgan fingerprint density at radius 2 is 1.82 bits per heavy atom. The minimum Gasteiger partial charge on any atom is -0.233 e. The van der Waals surface area contributed by atoms with E-state index >= 15 is 0 Å². The first kappa shape index (κ1) is 12.0. The van der Waals surface area contributed by atoms with Gasteiger partial charge in [0.2, 0.25) is 0 Å². The Bertz CT molecular complexity index is 559. The van der Waals surface area contributed by atoms with Gasteiger partial charge in [0.1, 0.15) is 11.0 Å². The number of aryl methyl sites for hydroxylation is 2. The van der Waals surface area contributed by atoms with E-state index in [0.29, 0.717) is 16.5 Å². The highest BCUT2D eigenvalue weighted by Crippen LogP contribution is 2.22. The average Bonchev–Trinajstić information content (AvgIpc) is 2.29. The molecular formula is C13H12ClFN2. The Morgan fingerprint density at radius 3 is 2.41 bits per heavy atom. The van der Waals surface area contributed by atoms with Crippen molar-refractivity contribution in [2.24, 2.45) is 0 Å². The fraction of sp³-hybridized carbons (Fsp3) is 0.231. The fourth-order valence-electron chi connectivity index (χ4n) is 1.51. The van der Waals surface area contributed by atoms with Crippen molar-refractivity contribution >= 4 is 11.6 Å². The van der Waals surface area contributed by atoms with Crippen LogP contribution in [0.25, 0.3) is 11.4 Å². The SMILES string of the molecule is Cc1cc(-c2nc(C)c(C)c(Cl)n2)ccc1F. The summed E-state index contributed by atoms with van der Waals surface area (Å²) in [5.74, 6) is 0.296. The molecule has 0 aliphatic carbocycles. The van der Waals surface area contributed by atoms with E-state index in [-0.39, 0.29) is 5.82 Å². The van der Waals surface area contributed by atoms with Crippen LogP contribution in [-0.4, -0.2) is 9.97 Å². The van der Waals surface area contributed by atoms with Gasteiger partial charge in [-0.1, -0.05) is 11.6 Å². The number of hydrogen-bond acceptors (Lipinski definition) is 2. The third-order valence-corrected chi connectivity index (χ3v) is 3.11. The molecule has 1 heterocycles. The number of halogens is 2. The molecule has 2 nitrogen and oxygen atoms in total. The van der Waals surface area contributed by atoms with E-state index in [9.17, 15) is 4.39 Å². The van der Waals surface area contributed by atoms with Crippen molar-refractivity contribution in [2.45, 2.75) is 20.8 Å². The Morgan fingerprint density at radius 1 is 1.12 bits per heavy atom. The molecule has 2 rings (SSSR count). The van der Waals surface area contributed by atoms with Crippen LogP contribution in [0.1, 0.15) is 16.8 Å². The molecule has 0 bridgehead atoms. The van der Waals surface area contributed by atoms with E-state index in [4.69, 9.17) is 11.6 Å². The van der Waals surface area contributed by atoms with Crippen molar-refractivity contribution < 1.29 is 4.39 Å². The molecule has 4 heteroatoms. The van der Waals surface area contributed by atoms with Gasteiger partial charge in [-0.2, -0.15) is 0 Å². The van der Waals surface area contributed by atoms with Crippen LogP contribution in [0.3, 0.4) is 0 Å². The van der Waals surface area contributed by atoms with Crippen molar-refractivity contribution in [2.75, 3.05) is 0 Å². The van der Waals surface area contributed by atoms with Crippen molar-refractivity contribution in [1.82, 2.24) is 9.97 Å². The molecule has 0 aliphatic heterocycles. The molecule has 0 saturated heterocycles. The van der Waals surface area contributed by atoms with Crippen LogP contribution >= 0.6 is 11.6 Å². The molecule has 0 radical (unpaired) electrons. The minimum atomic E-state index is -0.233. The Kier molecular flexibility index (Phi) is 3.11. The van der Waals surface area contributed by atoms with E-state index in [0.717, 1.165) is 16.8 Å². The van der Waals surface area contributed by atoms with Crippen LogP contribution in [-0.2, 0) is 0 Å². The molecule has 2 aromatic rings. The minimum absolute atomic E-state index is 0.233. The van der Waals surface area contributed by atoms with E-state index in [1.165, 1.54) is 6.07 Å². The van der Waals surface area contributed by atoms with Crippen LogP contribution in [0.15, 0.2) is 18.2 Å². The Hall–Kier alpha value is -1.48. The van der Waals surface area contributed by atoms with Crippen LogP contribution in [0.5, 0.6) is 0 Å². The van der Waals surface area contributed by atoms with Gasteiger partial charge in [0.25, 0.3) is 0 Å². The first-order valence-electron chi connectivity index (χ1n) is 5.26. The maximum Gasteiger partial charge on any atom is 0.161 e. The average molecular weight is 251 g/mol. The summed E-state index contributed by atoms with van der Waals surface area (Å²) in [5, 5.41) is 0.439. The molecule has 0 atom stereocenters. The van der Waals surface area contributed by atoms with Crippen molar-refractivity contribution in [3.05, 3.63) is 46.0 Å². The monoisotopic (exact) mass is 250 g/mol. The Balaban J connectivity index is 2.57. The third-order valence-electron chi connectivity index (χ3n) is 2.75. The highest BCUT2D eigenvalue weighted by molar-refractivity contribution is 6.30. The van der Waals surface area contributed by atoms with E-state index in [2.05, 4.69) is 9.97 Å². The zero-order valence-electron chi connectivity index (χ0n) is 9.88. The lowest BCUT2D eigenvalue weighted by Gasteiger charge is -2.06. The summed E-state index contributed by atoms with van der Waals surface area (Å²) in [7, 11) is 0. The Labute approximate surface area is 104 Å². The van der Waals surface area contributed by atoms with Crippen LogP contribution in [0.4, 0.5) is 4.39 Å². The highest BCUT2D eigenvalue weighted by Gasteiger charge is 2.09. The largest absolute Gasteiger partial charge is 0.233 e. The molecule has 0 fully saturated rings. The lowest BCUT2D eigenvalue weighted by molar-refractivity contribution is 0.618. The predicted molar refractivity (Wildman–Crippen MR) is 66.6 cm³/mol. The van der Waals surface area contributed by atoms with Crippen molar-refractivity contribution in [1.29, 1.82) is 0 Å². The van der Waals surface area contributed by atoms with Gasteiger partial charge in [0.15, 0.2) is 5.82 Å². The smallest absolute Gasteiger partial charge is 0.161 e. The summed E-state index contributed by atoms with van der Waals surface area (Å²) in [4.78, 5) is 8.56. The summed E-state index contributed by atoms with van der Waals surface area (Å²) >= 11 is 6.01. The third kappa shape index (κ3) is 2.29. The van der Waals surface area contributed by atoms with Crippen LogP contribution in [0.2, 0.25) is 5.15 Å². The summed E-state index contributed by atoms with van der Waals surface area (Å²) in [6.45, 7) is 5.46. The van der Waals surface area contributed by atoms with Gasteiger partial charge in [0.05, 0.1) is 0 Å². The van der Waals surface area contributed by atoms with Crippen molar-refractivity contribution in [3.8, 4) is 11.4 Å². The number of hydrogen-bond donors (Lipinski definition) is 0. The number of nitrogens with zero attached hydrogens (tertiary/aromatic N) is 2. The molecule has 0 aliphatic rings. The fourth-order valence-corrected chi connectivity index (χ4v) is 1.72. The molecule has 17 heavy (non-hydrogen) atoms. The molecule has 0 spiro atoms. The lowest BCUT2D eigenvalue weighted by atomic mass is 10.1. The normalized spacial score (nSPS) is 10.6. The van der Waals surface area contributed by atoms with E-state index < -0.39 is 0 Å². The van der Waals surface area contributed by atoms with E-state index in [1.807, 2.05) is 13.8 Å². The summed E-state index contributed by atoms with van der Waals surface area (Å²) in [5.41, 5.74) is 3.05. The second-order valence-corrected chi connectivity index (χ2v) is 4.37. The van der Waals surface area contributed by atoms with E-state index in [1.54, 1.807) is 19.1 Å². The molecule has 0 N–H and O–H groups in total. The first-order valence-corrected chi connectivity index (χ1v) is 5.64. The molecule has 0 saturated carbocycles. The van der Waals surface area contributed by atoms with Crippen LogP contribution < -0.4 is 0 Å². The maximum atomic E-state index is 13.2. The summed E-state index contributed by atoms with van der Waals surface area (Å²) in [6, 6.07) is 4.79. The molecule has 1 aromatic carbocycles. The molecule has 1 aromatic heterocycles.